The number of nitrogens with one attached hydrogen (secondary N) is 1. The van der Waals surface area contributed by atoms with Gasteiger partial charge in [-0.1, -0.05) is 13.0 Å². The standard InChI is InChI=1S/C16H18N4O2/c1-3-13-12(11-5-4-6-17-10-11)9-14-15(18-13)20(7-8-22-2)16(21)19-14/h4-6,9-10H,3,7-8H2,1-2H3,(H,19,21). The van der Waals surface area contributed by atoms with Gasteiger partial charge >= 0.3 is 5.69 Å². The zero-order chi connectivity index (χ0) is 15.5. The first-order valence-electron chi connectivity index (χ1n) is 7.26. The average molecular weight is 298 g/mol. The molecule has 0 bridgehead atoms. The second-order valence-electron chi connectivity index (χ2n) is 5.02. The Kier molecular flexibility index (Phi) is 4.02. The molecule has 0 radical (unpaired) electrons. The Morgan fingerprint density at radius 2 is 2.27 bits per heavy atom. The molecule has 0 atom stereocenters. The second-order valence-corrected chi connectivity index (χ2v) is 5.02. The molecule has 0 aliphatic heterocycles. The normalized spacial score (nSPS) is 11.2. The number of imidazole rings is 1. The summed E-state index contributed by atoms with van der Waals surface area (Å²) in [5.41, 5.74) is 4.20. The van der Waals surface area contributed by atoms with Crippen LogP contribution in [0.1, 0.15) is 12.6 Å². The van der Waals surface area contributed by atoms with E-state index < -0.39 is 0 Å². The molecule has 22 heavy (non-hydrogen) atoms. The number of hydrogen-bond acceptors (Lipinski definition) is 4. The smallest absolute Gasteiger partial charge is 0.327 e. The van der Waals surface area contributed by atoms with Crippen molar-refractivity contribution in [3.05, 3.63) is 46.8 Å². The summed E-state index contributed by atoms with van der Waals surface area (Å²) in [4.78, 5) is 23.8. The van der Waals surface area contributed by atoms with E-state index in [1.54, 1.807) is 17.9 Å². The minimum atomic E-state index is -0.162. The molecule has 3 aromatic rings. The van der Waals surface area contributed by atoms with Gasteiger partial charge in [-0.3, -0.25) is 9.55 Å². The maximum atomic E-state index is 12.1. The molecule has 6 heteroatoms. The van der Waals surface area contributed by atoms with Gasteiger partial charge in [0.1, 0.15) is 0 Å². The fourth-order valence-electron chi connectivity index (χ4n) is 2.55. The van der Waals surface area contributed by atoms with Crippen molar-refractivity contribution < 1.29 is 4.74 Å². The Balaban J connectivity index is 2.19. The lowest BCUT2D eigenvalue weighted by molar-refractivity contribution is 0.187. The van der Waals surface area contributed by atoms with E-state index in [9.17, 15) is 4.79 Å². The lowest BCUT2D eigenvalue weighted by Gasteiger charge is -2.08. The minimum Gasteiger partial charge on any atom is -0.383 e. The van der Waals surface area contributed by atoms with E-state index in [-0.39, 0.29) is 5.69 Å². The predicted molar refractivity (Wildman–Crippen MR) is 84.8 cm³/mol. The van der Waals surface area contributed by atoms with Gasteiger partial charge in [-0.2, -0.15) is 0 Å². The topological polar surface area (TPSA) is 72.8 Å². The van der Waals surface area contributed by atoms with Crippen LogP contribution in [0.4, 0.5) is 0 Å². The second kappa shape index (κ2) is 6.11. The summed E-state index contributed by atoms with van der Waals surface area (Å²) >= 11 is 0. The third-order valence-corrected chi connectivity index (χ3v) is 3.65. The van der Waals surface area contributed by atoms with Crippen molar-refractivity contribution >= 4 is 11.2 Å². The Morgan fingerprint density at radius 1 is 1.41 bits per heavy atom. The van der Waals surface area contributed by atoms with Gasteiger partial charge in [0.2, 0.25) is 0 Å². The number of fused-ring (bicyclic) bond motifs is 1. The highest BCUT2D eigenvalue weighted by Gasteiger charge is 2.13. The van der Waals surface area contributed by atoms with E-state index in [1.807, 2.05) is 24.4 Å². The number of H-pyrrole nitrogens is 1. The quantitative estimate of drug-likeness (QED) is 0.782. The summed E-state index contributed by atoms with van der Waals surface area (Å²) in [5, 5.41) is 0. The number of hydrogen-bond donors (Lipinski definition) is 1. The number of methoxy groups -OCH3 is 1. The maximum absolute atomic E-state index is 12.1. The molecular weight excluding hydrogens is 280 g/mol. The molecule has 0 saturated heterocycles. The third-order valence-electron chi connectivity index (χ3n) is 3.65. The van der Waals surface area contributed by atoms with Crippen molar-refractivity contribution in [3.63, 3.8) is 0 Å². The van der Waals surface area contributed by atoms with Crippen LogP contribution in [0.25, 0.3) is 22.3 Å². The minimum absolute atomic E-state index is 0.162. The van der Waals surface area contributed by atoms with E-state index in [1.165, 1.54) is 0 Å². The maximum Gasteiger partial charge on any atom is 0.327 e. The summed E-state index contributed by atoms with van der Waals surface area (Å²) in [6.45, 7) is 3.01. The number of pyridine rings is 2. The molecule has 0 aliphatic carbocycles. The first-order valence-corrected chi connectivity index (χ1v) is 7.26. The summed E-state index contributed by atoms with van der Waals surface area (Å²) < 4.78 is 6.68. The Hall–Kier alpha value is -2.47. The SMILES string of the molecule is CCc1nc2c(cc1-c1cccnc1)[nH]c(=O)n2CCOC. The molecule has 0 saturated carbocycles. The molecule has 1 N–H and O–H groups in total. The molecule has 0 amide bonds. The molecule has 114 valence electrons. The molecule has 3 heterocycles. The average Bonchev–Trinajstić information content (AvgIpc) is 2.86. The van der Waals surface area contributed by atoms with Gasteiger partial charge in [0.05, 0.1) is 24.4 Å². The number of rotatable bonds is 5. The molecular formula is C16H18N4O2. The Bertz CT molecular complexity index is 836. The lowest BCUT2D eigenvalue weighted by atomic mass is 10.0. The van der Waals surface area contributed by atoms with Crippen molar-refractivity contribution in [2.24, 2.45) is 0 Å². The highest BCUT2D eigenvalue weighted by Crippen LogP contribution is 2.25. The van der Waals surface area contributed by atoms with Gasteiger partial charge in [0, 0.05) is 30.6 Å². The first kappa shape index (κ1) is 14.5. The highest BCUT2D eigenvalue weighted by atomic mass is 16.5. The van der Waals surface area contributed by atoms with Crippen molar-refractivity contribution in [2.75, 3.05) is 13.7 Å². The van der Waals surface area contributed by atoms with E-state index in [4.69, 9.17) is 9.72 Å². The number of aromatic amines is 1. The van der Waals surface area contributed by atoms with Crippen LogP contribution < -0.4 is 5.69 Å². The summed E-state index contributed by atoms with van der Waals surface area (Å²) in [5.74, 6) is 0. The van der Waals surface area contributed by atoms with Crippen LogP contribution >= 0.6 is 0 Å². The van der Waals surface area contributed by atoms with Crippen LogP contribution in [0.15, 0.2) is 35.4 Å². The molecule has 3 rings (SSSR count). The van der Waals surface area contributed by atoms with Crippen LogP contribution in [-0.4, -0.2) is 33.2 Å². The lowest BCUT2D eigenvalue weighted by Crippen LogP contribution is -2.19. The van der Waals surface area contributed by atoms with Gasteiger partial charge in [0.25, 0.3) is 0 Å². The molecule has 0 fully saturated rings. The fourth-order valence-corrected chi connectivity index (χ4v) is 2.55. The highest BCUT2D eigenvalue weighted by molar-refractivity contribution is 5.80. The van der Waals surface area contributed by atoms with Gasteiger partial charge in [-0.05, 0) is 18.6 Å². The van der Waals surface area contributed by atoms with Gasteiger partial charge in [-0.25, -0.2) is 9.78 Å². The zero-order valence-electron chi connectivity index (χ0n) is 12.7. The Morgan fingerprint density at radius 3 is 2.95 bits per heavy atom. The van der Waals surface area contributed by atoms with Crippen molar-refractivity contribution in [1.82, 2.24) is 19.5 Å². The van der Waals surface area contributed by atoms with E-state index in [0.717, 1.165) is 28.8 Å². The summed E-state index contributed by atoms with van der Waals surface area (Å²) in [6, 6.07) is 5.86. The van der Waals surface area contributed by atoms with E-state index >= 15 is 0 Å². The molecule has 6 nitrogen and oxygen atoms in total. The van der Waals surface area contributed by atoms with Crippen LogP contribution in [-0.2, 0) is 17.7 Å². The number of nitrogens with zero attached hydrogens (tertiary/aromatic N) is 3. The van der Waals surface area contributed by atoms with Gasteiger partial charge in [-0.15, -0.1) is 0 Å². The first-order chi connectivity index (χ1) is 10.7. The fraction of sp³-hybridized carbons (Fsp3) is 0.312. The molecule has 3 aromatic heterocycles. The van der Waals surface area contributed by atoms with Gasteiger partial charge < -0.3 is 9.72 Å². The molecule has 0 unspecified atom stereocenters. The largest absolute Gasteiger partial charge is 0.383 e. The monoisotopic (exact) mass is 298 g/mol. The zero-order valence-corrected chi connectivity index (χ0v) is 12.7. The van der Waals surface area contributed by atoms with Crippen LogP contribution in [0.5, 0.6) is 0 Å². The van der Waals surface area contributed by atoms with E-state index in [2.05, 4.69) is 16.9 Å². The number of aryl methyl sites for hydroxylation is 1. The van der Waals surface area contributed by atoms with Crippen LogP contribution in [0.2, 0.25) is 0 Å². The van der Waals surface area contributed by atoms with Crippen LogP contribution in [0, 0.1) is 0 Å². The van der Waals surface area contributed by atoms with Crippen molar-refractivity contribution in [1.29, 1.82) is 0 Å². The molecule has 0 aliphatic rings. The molecule has 0 spiro atoms. The van der Waals surface area contributed by atoms with Gasteiger partial charge in [0.15, 0.2) is 5.65 Å². The summed E-state index contributed by atoms with van der Waals surface area (Å²) in [6.07, 6.45) is 4.33. The van der Waals surface area contributed by atoms with Crippen molar-refractivity contribution in [3.8, 4) is 11.1 Å². The van der Waals surface area contributed by atoms with E-state index in [0.29, 0.717) is 18.8 Å². The number of aromatic nitrogens is 4. The predicted octanol–water partition coefficient (Wildman–Crippen LogP) is 2.00. The number of ether oxygens (including phenoxy) is 1. The molecule has 0 aromatic carbocycles. The third kappa shape index (κ3) is 2.53. The Labute approximate surface area is 127 Å². The summed E-state index contributed by atoms with van der Waals surface area (Å²) in [7, 11) is 1.62. The van der Waals surface area contributed by atoms with Crippen molar-refractivity contribution in [2.45, 2.75) is 19.9 Å². The van der Waals surface area contributed by atoms with Crippen LogP contribution in [0.3, 0.4) is 0 Å².